The van der Waals surface area contributed by atoms with E-state index in [1.807, 2.05) is 13.0 Å². The Morgan fingerprint density at radius 3 is 2.88 bits per heavy atom. The van der Waals surface area contributed by atoms with Crippen molar-refractivity contribution in [1.29, 1.82) is 0 Å². The molecule has 0 aliphatic carbocycles. The molecule has 17 heavy (non-hydrogen) atoms. The number of nitrogens with zero attached hydrogens (tertiary/aromatic N) is 4. The van der Waals surface area contributed by atoms with Gasteiger partial charge in [0.1, 0.15) is 5.15 Å². The van der Waals surface area contributed by atoms with E-state index < -0.39 is 0 Å². The molecule has 3 heterocycles. The van der Waals surface area contributed by atoms with E-state index in [2.05, 4.69) is 31.2 Å². The summed E-state index contributed by atoms with van der Waals surface area (Å²) >= 11 is 11.0. The zero-order chi connectivity index (χ0) is 12.0. The zero-order valence-corrected chi connectivity index (χ0v) is 11.8. The van der Waals surface area contributed by atoms with E-state index >= 15 is 0 Å². The van der Waals surface area contributed by atoms with E-state index in [9.17, 15) is 0 Å². The van der Waals surface area contributed by atoms with Crippen LogP contribution >= 0.6 is 38.9 Å². The number of thiophene rings is 1. The number of rotatable bonds is 1. The van der Waals surface area contributed by atoms with Gasteiger partial charge in [-0.25, -0.2) is 0 Å². The summed E-state index contributed by atoms with van der Waals surface area (Å²) in [4.78, 5) is 1.01. The Hall–Kier alpha value is -0.980. The van der Waals surface area contributed by atoms with Gasteiger partial charge in [-0.15, -0.1) is 21.5 Å². The molecule has 4 nitrogen and oxygen atoms in total. The standard InChI is InChI=1S/C10H6BrClN4S/c1-5-4-6(17-9(5)11)10-14-13-8-3-2-7(12)15-16(8)10/h2-4H,1H3. The summed E-state index contributed by atoms with van der Waals surface area (Å²) < 4.78 is 2.74. The highest BCUT2D eigenvalue weighted by molar-refractivity contribution is 9.11. The molecule has 0 radical (unpaired) electrons. The third-order valence-electron chi connectivity index (χ3n) is 2.31. The molecule has 0 saturated heterocycles. The van der Waals surface area contributed by atoms with Gasteiger partial charge < -0.3 is 0 Å². The van der Waals surface area contributed by atoms with Crippen LogP contribution in [-0.2, 0) is 0 Å². The normalized spacial score (nSPS) is 11.2. The summed E-state index contributed by atoms with van der Waals surface area (Å²) in [5.74, 6) is 0.710. The maximum atomic E-state index is 5.88. The lowest BCUT2D eigenvalue weighted by molar-refractivity contribution is 0.939. The topological polar surface area (TPSA) is 43.1 Å². The molecule has 86 valence electrons. The lowest BCUT2D eigenvalue weighted by Gasteiger charge is -1.95. The summed E-state index contributed by atoms with van der Waals surface area (Å²) in [6.45, 7) is 2.04. The Labute approximate surface area is 114 Å². The van der Waals surface area contributed by atoms with E-state index in [1.54, 1.807) is 28.0 Å². The Kier molecular flexibility index (Phi) is 2.65. The molecule has 7 heteroatoms. The second-order valence-electron chi connectivity index (χ2n) is 3.52. The van der Waals surface area contributed by atoms with E-state index in [-0.39, 0.29) is 0 Å². The minimum atomic E-state index is 0.422. The maximum absolute atomic E-state index is 5.88. The van der Waals surface area contributed by atoms with Crippen molar-refractivity contribution in [3.05, 3.63) is 32.7 Å². The SMILES string of the molecule is Cc1cc(-c2nnc3ccc(Cl)nn23)sc1Br. The van der Waals surface area contributed by atoms with Crippen LogP contribution in [0.5, 0.6) is 0 Å². The second-order valence-corrected chi connectivity index (χ2v) is 6.27. The molecule has 0 fully saturated rings. The molecule has 0 N–H and O–H groups in total. The lowest BCUT2D eigenvalue weighted by atomic mass is 10.3. The minimum absolute atomic E-state index is 0.422. The molecule has 0 aliphatic heterocycles. The highest BCUT2D eigenvalue weighted by Gasteiger charge is 2.13. The summed E-state index contributed by atoms with van der Waals surface area (Å²) in [6, 6.07) is 5.54. The second kappa shape index (κ2) is 4.04. The monoisotopic (exact) mass is 328 g/mol. The van der Waals surface area contributed by atoms with Crippen molar-refractivity contribution in [2.75, 3.05) is 0 Å². The van der Waals surface area contributed by atoms with E-state index in [1.165, 1.54) is 5.56 Å². The number of fused-ring (bicyclic) bond motifs is 1. The van der Waals surface area contributed by atoms with Crippen LogP contribution in [0.1, 0.15) is 5.56 Å². The first-order valence-electron chi connectivity index (χ1n) is 4.79. The Morgan fingerprint density at radius 2 is 2.18 bits per heavy atom. The third kappa shape index (κ3) is 1.86. The maximum Gasteiger partial charge on any atom is 0.195 e. The van der Waals surface area contributed by atoms with Crippen LogP contribution in [-0.4, -0.2) is 19.8 Å². The highest BCUT2D eigenvalue weighted by atomic mass is 79.9. The fourth-order valence-corrected chi connectivity index (χ4v) is 3.13. The third-order valence-corrected chi connectivity index (χ3v) is 4.64. The smallest absolute Gasteiger partial charge is 0.190 e. The first-order chi connectivity index (χ1) is 8.15. The van der Waals surface area contributed by atoms with Crippen LogP contribution < -0.4 is 0 Å². The first kappa shape index (κ1) is 11.1. The van der Waals surface area contributed by atoms with Crippen molar-refractivity contribution in [1.82, 2.24) is 19.8 Å². The van der Waals surface area contributed by atoms with E-state index in [0.717, 1.165) is 8.66 Å². The number of aryl methyl sites for hydroxylation is 1. The molecule has 0 unspecified atom stereocenters. The highest BCUT2D eigenvalue weighted by Crippen LogP contribution is 2.33. The molecule has 0 spiro atoms. The van der Waals surface area contributed by atoms with Crippen LogP contribution in [0.4, 0.5) is 0 Å². The summed E-state index contributed by atoms with van der Waals surface area (Å²) in [6.07, 6.45) is 0. The molecule has 0 atom stereocenters. The van der Waals surface area contributed by atoms with Crippen molar-refractivity contribution in [3.8, 4) is 10.7 Å². The van der Waals surface area contributed by atoms with Gasteiger partial charge in [-0.2, -0.15) is 9.61 Å². The van der Waals surface area contributed by atoms with Gasteiger partial charge in [-0.1, -0.05) is 11.6 Å². The average molecular weight is 330 g/mol. The summed E-state index contributed by atoms with van der Waals surface area (Å²) in [5.41, 5.74) is 1.86. The number of aromatic nitrogens is 4. The molecule has 3 aromatic rings. The fraction of sp³-hybridized carbons (Fsp3) is 0.100. The quantitative estimate of drug-likeness (QED) is 0.685. The summed E-state index contributed by atoms with van der Waals surface area (Å²) in [5, 5.41) is 12.8. The molecule has 0 aromatic carbocycles. The van der Waals surface area contributed by atoms with Crippen LogP contribution in [0.15, 0.2) is 22.0 Å². The zero-order valence-electron chi connectivity index (χ0n) is 8.69. The largest absolute Gasteiger partial charge is 0.195 e. The first-order valence-corrected chi connectivity index (χ1v) is 6.78. The van der Waals surface area contributed by atoms with Gasteiger partial charge in [0.15, 0.2) is 11.5 Å². The van der Waals surface area contributed by atoms with E-state index in [0.29, 0.717) is 16.6 Å². The van der Waals surface area contributed by atoms with Crippen molar-refractivity contribution in [3.63, 3.8) is 0 Å². The van der Waals surface area contributed by atoms with Crippen LogP contribution in [0.3, 0.4) is 0 Å². The minimum Gasteiger partial charge on any atom is -0.190 e. The molecule has 0 aliphatic rings. The van der Waals surface area contributed by atoms with Crippen molar-refractivity contribution in [2.45, 2.75) is 6.92 Å². The molecule has 3 rings (SSSR count). The Morgan fingerprint density at radius 1 is 1.35 bits per heavy atom. The summed E-state index contributed by atoms with van der Waals surface area (Å²) in [7, 11) is 0. The molecule has 3 aromatic heterocycles. The lowest BCUT2D eigenvalue weighted by Crippen LogP contribution is -1.93. The van der Waals surface area contributed by atoms with Gasteiger partial charge in [-0.3, -0.25) is 0 Å². The van der Waals surface area contributed by atoms with Crippen molar-refractivity contribution in [2.24, 2.45) is 0 Å². The Bertz CT molecular complexity index is 686. The van der Waals surface area contributed by atoms with Crippen molar-refractivity contribution < 1.29 is 0 Å². The molecule has 0 bridgehead atoms. The predicted octanol–water partition coefficient (Wildman–Crippen LogP) is 3.58. The van der Waals surface area contributed by atoms with Gasteiger partial charge in [0.25, 0.3) is 0 Å². The van der Waals surface area contributed by atoms with Crippen LogP contribution in [0, 0.1) is 6.92 Å². The van der Waals surface area contributed by atoms with Crippen LogP contribution in [0.2, 0.25) is 5.15 Å². The fourth-order valence-electron chi connectivity index (χ4n) is 1.49. The predicted molar refractivity (Wildman–Crippen MR) is 71.5 cm³/mol. The number of hydrogen-bond donors (Lipinski definition) is 0. The van der Waals surface area contributed by atoms with Gasteiger partial charge in [0.05, 0.1) is 8.66 Å². The number of halogens is 2. The molecular formula is C10H6BrClN4S. The molecule has 0 saturated carbocycles. The van der Waals surface area contributed by atoms with Gasteiger partial charge in [0.2, 0.25) is 0 Å². The molecule has 0 amide bonds. The van der Waals surface area contributed by atoms with Crippen LogP contribution in [0.25, 0.3) is 16.3 Å². The Balaban J connectivity index is 2.26. The van der Waals surface area contributed by atoms with Gasteiger partial charge in [0, 0.05) is 0 Å². The van der Waals surface area contributed by atoms with Gasteiger partial charge >= 0.3 is 0 Å². The molecular weight excluding hydrogens is 324 g/mol. The number of hydrogen-bond acceptors (Lipinski definition) is 4. The van der Waals surface area contributed by atoms with Gasteiger partial charge in [-0.05, 0) is 46.6 Å². The average Bonchev–Trinajstić information content (AvgIpc) is 2.83. The van der Waals surface area contributed by atoms with E-state index in [4.69, 9.17) is 11.6 Å². The van der Waals surface area contributed by atoms with Crippen molar-refractivity contribution >= 4 is 44.5 Å².